The monoisotopic (exact) mass is 369 g/mol. The predicted octanol–water partition coefficient (Wildman–Crippen LogP) is 4.01. The lowest BCUT2D eigenvalue weighted by molar-refractivity contribution is 0.0955. The van der Waals surface area contributed by atoms with E-state index in [1.807, 2.05) is 38.2 Å². The minimum Gasteiger partial charge on any atom is -0.347 e. The minimum atomic E-state index is -0.230. The molecule has 3 rings (SSSR count). The first-order valence-electron chi connectivity index (χ1n) is 7.21. The van der Waals surface area contributed by atoms with E-state index >= 15 is 0 Å². The topological polar surface area (TPSA) is 46.4 Å². The zero-order chi connectivity index (χ0) is 16.4. The van der Waals surface area contributed by atoms with Crippen LogP contribution in [0.3, 0.4) is 0 Å². The third-order valence-electron chi connectivity index (χ3n) is 3.91. The van der Waals surface area contributed by atoms with Crippen LogP contribution in [-0.2, 0) is 7.05 Å². The van der Waals surface area contributed by atoms with Crippen LogP contribution in [0, 0.1) is 6.92 Å². The average Bonchev–Trinajstić information content (AvgIpc) is 2.81. The molecule has 0 aliphatic heterocycles. The van der Waals surface area contributed by atoms with Gasteiger partial charge in [0.05, 0.1) is 6.21 Å². The van der Waals surface area contributed by atoms with Crippen molar-refractivity contribution in [1.82, 2.24) is 9.99 Å². The van der Waals surface area contributed by atoms with Crippen molar-refractivity contribution in [1.29, 1.82) is 0 Å². The second kappa shape index (κ2) is 6.38. The normalized spacial score (nSPS) is 11.3. The smallest absolute Gasteiger partial charge is 0.271 e. The van der Waals surface area contributed by atoms with E-state index in [4.69, 9.17) is 0 Å². The van der Waals surface area contributed by atoms with E-state index in [1.165, 1.54) is 0 Å². The Kier molecular flexibility index (Phi) is 4.30. The molecule has 0 radical (unpaired) electrons. The molecule has 0 bridgehead atoms. The number of benzene rings is 2. The summed E-state index contributed by atoms with van der Waals surface area (Å²) in [6.07, 6.45) is 1.70. The van der Waals surface area contributed by atoms with Gasteiger partial charge in [-0.05, 0) is 37.3 Å². The summed E-state index contributed by atoms with van der Waals surface area (Å²) in [5, 5.41) is 5.23. The van der Waals surface area contributed by atoms with Crippen molar-refractivity contribution in [2.24, 2.45) is 12.1 Å². The average molecular weight is 370 g/mol. The van der Waals surface area contributed by atoms with Gasteiger partial charge in [-0.1, -0.05) is 34.1 Å². The van der Waals surface area contributed by atoms with Crippen LogP contribution in [0.4, 0.5) is 0 Å². The first kappa shape index (κ1) is 15.5. The molecule has 0 saturated carbocycles. The number of amides is 1. The molecule has 3 aromatic rings. The van der Waals surface area contributed by atoms with E-state index in [1.54, 1.807) is 18.3 Å². The molecule has 1 amide bonds. The summed E-state index contributed by atoms with van der Waals surface area (Å²) in [4.78, 5) is 12.1. The fraction of sp³-hybridized carbons (Fsp3) is 0.111. The highest BCUT2D eigenvalue weighted by molar-refractivity contribution is 9.10. The number of para-hydroxylation sites is 1. The number of hydrogen-bond donors (Lipinski definition) is 1. The Bertz CT molecular complexity index is 895. The van der Waals surface area contributed by atoms with E-state index in [9.17, 15) is 4.79 Å². The standard InChI is InChI=1S/C18H16BrN3O/c1-12-16(15-5-3-4-6-17(15)22(12)2)11-20-21-18(23)13-7-9-14(19)10-8-13/h3-11H,1-2H3,(H,21,23). The van der Waals surface area contributed by atoms with E-state index in [0.29, 0.717) is 5.56 Å². The van der Waals surface area contributed by atoms with Crippen LogP contribution in [0.15, 0.2) is 58.1 Å². The lowest BCUT2D eigenvalue weighted by Crippen LogP contribution is -2.17. The van der Waals surface area contributed by atoms with Gasteiger partial charge in [0.1, 0.15) is 0 Å². The molecule has 1 N–H and O–H groups in total. The van der Waals surface area contributed by atoms with Crippen LogP contribution in [0.1, 0.15) is 21.6 Å². The number of hydrogen-bond acceptors (Lipinski definition) is 2. The molecule has 0 unspecified atom stereocenters. The SMILES string of the molecule is Cc1c(C=NNC(=O)c2ccc(Br)cc2)c2ccccc2n1C. The molecule has 2 aromatic carbocycles. The molecule has 1 heterocycles. The molecule has 0 aliphatic rings. The number of aromatic nitrogens is 1. The molecule has 1 aromatic heterocycles. The first-order valence-corrected chi connectivity index (χ1v) is 8.00. The highest BCUT2D eigenvalue weighted by atomic mass is 79.9. The maximum absolute atomic E-state index is 12.1. The highest BCUT2D eigenvalue weighted by Gasteiger charge is 2.09. The number of nitrogens with zero attached hydrogens (tertiary/aromatic N) is 2. The third kappa shape index (κ3) is 3.05. The summed E-state index contributed by atoms with van der Waals surface area (Å²) in [6.45, 7) is 2.04. The summed E-state index contributed by atoms with van der Waals surface area (Å²) >= 11 is 3.35. The van der Waals surface area contributed by atoms with Gasteiger partial charge in [0, 0.05) is 39.2 Å². The van der Waals surface area contributed by atoms with Gasteiger partial charge in [-0.15, -0.1) is 0 Å². The lowest BCUT2D eigenvalue weighted by atomic mass is 10.1. The number of nitrogens with one attached hydrogen (secondary N) is 1. The van der Waals surface area contributed by atoms with E-state index < -0.39 is 0 Å². The molecule has 0 saturated heterocycles. The number of fused-ring (bicyclic) bond motifs is 1. The van der Waals surface area contributed by atoms with Gasteiger partial charge < -0.3 is 4.57 Å². The van der Waals surface area contributed by atoms with Crippen molar-refractivity contribution in [3.8, 4) is 0 Å². The molecule has 5 heteroatoms. The zero-order valence-electron chi connectivity index (χ0n) is 12.9. The molecular formula is C18H16BrN3O. The molecular weight excluding hydrogens is 354 g/mol. The van der Waals surface area contributed by atoms with Crippen molar-refractivity contribution < 1.29 is 4.79 Å². The summed E-state index contributed by atoms with van der Waals surface area (Å²) in [5.41, 5.74) is 6.41. The second-order valence-corrected chi connectivity index (χ2v) is 6.20. The van der Waals surface area contributed by atoms with Gasteiger partial charge >= 0.3 is 0 Å². The number of rotatable bonds is 3. The van der Waals surface area contributed by atoms with Gasteiger partial charge in [-0.2, -0.15) is 5.10 Å². The maximum atomic E-state index is 12.1. The number of carbonyl (C=O) groups is 1. The van der Waals surface area contributed by atoms with Crippen molar-refractivity contribution in [3.05, 3.63) is 69.8 Å². The van der Waals surface area contributed by atoms with Crippen molar-refractivity contribution in [2.75, 3.05) is 0 Å². The third-order valence-corrected chi connectivity index (χ3v) is 4.44. The Morgan fingerprint density at radius 1 is 1.17 bits per heavy atom. The van der Waals surface area contributed by atoms with Gasteiger partial charge in [0.25, 0.3) is 5.91 Å². The quantitative estimate of drug-likeness (QED) is 0.550. The number of aryl methyl sites for hydroxylation is 1. The Balaban J connectivity index is 1.82. The molecule has 0 aliphatic carbocycles. The van der Waals surface area contributed by atoms with Crippen molar-refractivity contribution in [3.63, 3.8) is 0 Å². The number of halogens is 1. The lowest BCUT2D eigenvalue weighted by Gasteiger charge is -2.00. The largest absolute Gasteiger partial charge is 0.347 e. The molecule has 23 heavy (non-hydrogen) atoms. The highest BCUT2D eigenvalue weighted by Crippen LogP contribution is 2.22. The molecule has 0 fully saturated rings. The van der Waals surface area contributed by atoms with Crippen molar-refractivity contribution >= 4 is 39.0 Å². The van der Waals surface area contributed by atoms with E-state index in [-0.39, 0.29) is 5.91 Å². The molecule has 4 nitrogen and oxygen atoms in total. The van der Waals surface area contributed by atoms with Crippen LogP contribution in [0.25, 0.3) is 10.9 Å². The summed E-state index contributed by atoms with van der Waals surface area (Å²) in [6, 6.07) is 15.3. The van der Waals surface area contributed by atoms with Gasteiger partial charge in [-0.25, -0.2) is 5.43 Å². The fourth-order valence-electron chi connectivity index (χ4n) is 2.53. The van der Waals surface area contributed by atoms with Gasteiger partial charge in [-0.3, -0.25) is 4.79 Å². The Labute approximate surface area is 142 Å². The Hall–Kier alpha value is -2.40. The van der Waals surface area contributed by atoms with Gasteiger partial charge in [0.2, 0.25) is 0 Å². The van der Waals surface area contributed by atoms with E-state index in [2.05, 4.69) is 43.2 Å². The van der Waals surface area contributed by atoms with Crippen LogP contribution in [0.5, 0.6) is 0 Å². The second-order valence-electron chi connectivity index (χ2n) is 5.28. The molecule has 116 valence electrons. The van der Waals surface area contributed by atoms with Crippen LogP contribution < -0.4 is 5.43 Å². The Morgan fingerprint density at radius 3 is 2.61 bits per heavy atom. The van der Waals surface area contributed by atoms with Crippen LogP contribution >= 0.6 is 15.9 Å². The fourth-order valence-corrected chi connectivity index (χ4v) is 2.80. The van der Waals surface area contributed by atoms with Crippen LogP contribution in [0.2, 0.25) is 0 Å². The van der Waals surface area contributed by atoms with Crippen molar-refractivity contribution in [2.45, 2.75) is 6.92 Å². The summed E-state index contributed by atoms with van der Waals surface area (Å²) in [5.74, 6) is -0.230. The van der Waals surface area contributed by atoms with E-state index in [0.717, 1.165) is 26.6 Å². The summed E-state index contributed by atoms with van der Waals surface area (Å²) in [7, 11) is 2.02. The summed E-state index contributed by atoms with van der Waals surface area (Å²) < 4.78 is 3.05. The number of hydrazone groups is 1. The van der Waals surface area contributed by atoms with Gasteiger partial charge in [0.15, 0.2) is 0 Å². The molecule has 0 spiro atoms. The van der Waals surface area contributed by atoms with Crippen LogP contribution in [-0.4, -0.2) is 16.7 Å². The zero-order valence-corrected chi connectivity index (χ0v) is 14.5. The number of carbonyl (C=O) groups excluding carboxylic acids is 1. The first-order chi connectivity index (χ1) is 11.1. The minimum absolute atomic E-state index is 0.230. The molecule has 0 atom stereocenters. The maximum Gasteiger partial charge on any atom is 0.271 e. The predicted molar refractivity (Wildman–Crippen MR) is 96.9 cm³/mol. The Morgan fingerprint density at radius 2 is 1.87 bits per heavy atom.